The number of hydrogen-bond donors (Lipinski definition) is 0. The number of benzene rings is 1. The number of ketones is 1. The molecule has 1 aromatic rings. The SMILES string of the molecule is COc1ccc(C2(C#N)CC(=O)C2)cc1OC. The van der Waals surface area contributed by atoms with Gasteiger partial charge in [-0.2, -0.15) is 5.26 Å². The Morgan fingerprint density at radius 1 is 1.24 bits per heavy atom. The van der Waals surface area contributed by atoms with E-state index in [1.165, 1.54) is 0 Å². The van der Waals surface area contributed by atoms with Gasteiger partial charge in [0, 0.05) is 12.8 Å². The van der Waals surface area contributed by atoms with Crippen LogP contribution in [0.25, 0.3) is 0 Å². The molecule has 4 heteroatoms. The van der Waals surface area contributed by atoms with Crippen molar-refractivity contribution >= 4 is 5.78 Å². The summed E-state index contributed by atoms with van der Waals surface area (Å²) >= 11 is 0. The van der Waals surface area contributed by atoms with E-state index in [2.05, 4.69) is 6.07 Å². The Morgan fingerprint density at radius 3 is 2.35 bits per heavy atom. The van der Waals surface area contributed by atoms with Crippen molar-refractivity contribution in [1.82, 2.24) is 0 Å². The van der Waals surface area contributed by atoms with Crippen LogP contribution in [0, 0.1) is 11.3 Å². The van der Waals surface area contributed by atoms with E-state index in [-0.39, 0.29) is 5.78 Å². The highest BCUT2D eigenvalue weighted by atomic mass is 16.5. The highest BCUT2D eigenvalue weighted by Crippen LogP contribution is 2.43. The first-order valence-corrected chi connectivity index (χ1v) is 5.30. The zero-order valence-electron chi connectivity index (χ0n) is 9.82. The first-order chi connectivity index (χ1) is 8.15. The number of hydrogen-bond acceptors (Lipinski definition) is 4. The number of carbonyl (C=O) groups excluding carboxylic acids is 1. The Hall–Kier alpha value is -2.02. The molecule has 0 aromatic heterocycles. The van der Waals surface area contributed by atoms with Crippen LogP contribution >= 0.6 is 0 Å². The zero-order valence-corrected chi connectivity index (χ0v) is 9.82. The maximum absolute atomic E-state index is 11.1. The van der Waals surface area contributed by atoms with Gasteiger partial charge in [0.1, 0.15) is 5.78 Å². The maximum Gasteiger partial charge on any atom is 0.161 e. The highest BCUT2D eigenvalue weighted by Gasteiger charge is 2.45. The lowest BCUT2D eigenvalue weighted by atomic mass is 9.65. The monoisotopic (exact) mass is 231 g/mol. The van der Waals surface area contributed by atoms with Crippen LogP contribution in [-0.2, 0) is 10.2 Å². The van der Waals surface area contributed by atoms with E-state index in [1.807, 2.05) is 6.07 Å². The average molecular weight is 231 g/mol. The average Bonchev–Trinajstić information content (AvgIpc) is 2.33. The van der Waals surface area contributed by atoms with Crippen LogP contribution in [-0.4, -0.2) is 20.0 Å². The molecule has 0 heterocycles. The van der Waals surface area contributed by atoms with Crippen molar-refractivity contribution < 1.29 is 14.3 Å². The molecule has 4 nitrogen and oxygen atoms in total. The van der Waals surface area contributed by atoms with Gasteiger partial charge in [-0.15, -0.1) is 0 Å². The molecular formula is C13H13NO3. The molecule has 1 saturated carbocycles. The summed E-state index contributed by atoms with van der Waals surface area (Å²) in [5, 5.41) is 9.22. The molecule has 0 N–H and O–H groups in total. The van der Waals surface area contributed by atoms with Crippen molar-refractivity contribution in [3.63, 3.8) is 0 Å². The second-order valence-corrected chi connectivity index (χ2v) is 4.16. The Labute approximate surface area is 99.8 Å². The van der Waals surface area contributed by atoms with Crippen molar-refractivity contribution in [2.45, 2.75) is 18.3 Å². The van der Waals surface area contributed by atoms with E-state index in [4.69, 9.17) is 9.47 Å². The van der Waals surface area contributed by atoms with Gasteiger partial charge in [0.25, 0.3) is 0 Å². The number of ether oxygens (including phenoxy) is 2. The summed E-state index contributed by atoms with van der Waals surface area (Å²) in [6.07, 6.45) is 0.581. The van der Waals surface area contributed by atoms with Crippen molar-refractivity contribution in [3.8, 4) is 17.6 Å². The van der Waals surface area contributed by atoms with Crippen LogP contribution in [0.3, 0.4) is 0 Å². The van der Waals surface area contributed by atoms with Crippen LogP contribution in [0.5, 0.6) is 11.5 Å². The number of Topliss-reactive ketones (excluding diaryl/α,β-unsaturated/α-hetero) is 1. The molecule has 1 aliphatic carbocycles. The molecule has 0 amide bonds. The second-order valence-electron chi connectivity index (χ2n) is 4.16. The number of nitrogens with zero attached hydrogens (tertiary/aromatic N) is 1. The molecule has 1 fully saturated rings. The van der Waals surface area contributed by atoms with Gasteiger partial charge in [-0.1, -0.05) is 6.07 Å². The third-order valence-corrected chi connectivity index (χ3v) is 3.15. The van der Waals surface area contributed by atoms with Crippen LogP contribution in [0.2, 0.25) is 0 Å². The smallest absolute Gasteiger partial charge is 0.161 e. The van der Waals surface area contributed by atoms with Gasteiger partial charge in [-0.25, -0.2) is 0 Å². The highest BCUT2D eigenvalue weighted by molar-refractivity contribution is 5.90. The van der Waals surface area contributed by atoms with Crippen LogP contribution in [0.4, 0.5) is 0 Å². The van der Waals surface area contributed by atoms with E-state index in [9.17, 15) is 10.1 Å². The molecule has 0 spiro atoms. The molecule has 17 heavy (non-hydrogen) atoms. The lowest BCUT2D eigenvalue weighted by Gasteiger charge is -2.34. The van der Waals surface area contributed by atoms with Gasteiger partial charge < -0.3 is 9.47 Å². The van der Waals surface area contributed by atoms with Gasteiger partial charge >= 0.3 is 0 Å². The lowest BCUT2D eigenvalue weighted by Crippen LogP contribution is -2.40. The minimum atomic E-state index is -0.670. The van der Waals surface area contributed by atoms with Crippen LogP contribution in [0.15, 0.2) is 18.2 Å². The summed E-state index contributed by atoms with van der Waals surface area (Å²) < 4.78 is 10.3. The third kappa shape index (κ3) is 1.74. The topological polar surface area (TPSA) is 59.3 Å². The number of methoxy groups -OCH3 is 2. The van der Waals surface area contributed by atoms with Gasteiger partial charge in [0.15, 0.2) is 11.5 Å². The number of carbonyl (C=O) groups is 1. The van der Waals surface area contributed by atoms with Crippen LogP contribution < -0.4 is 9.47 Å². The predicted molar refractivity (Wildman–Crippen MR) is 61.1 cm³/mol. The van der Waals surface area contributed by atoms with Crippen molar-refractivity contribution in [2.24, 2.45) is 0 Å². The van der Waals surface area contributed by atoms with Gasteiger partial charge in [-0.3, -0.25) is 4.79 Å². The summed E-state index contributed by atoms with van der Waals surface area (Å²) in [4.78, 5) is 11.1. The molecule has 0 radical (unpaired) electrons. The Kier molecular flexibility index (Phi) is 2.76. The summed E-state index contributed by atoms with van der Waals surface area (Å²) in [5.41, 5.74) is 0.147. The summed E-state index contributed by atoms with van der Waals surface area (Å²) in [6.45, 7) is 0. The molecule has 1 aromatic carbocycles. The molecule has 0 bridgehead atoms. The molecule has 0 atom stereocenters. The Bertz CT molecular complexity index is 494. The molecule has 2 rings (SSSR count). The molecule has 88 valence electrons. The molecule has 0 unspecified atom stereocenters. The minimum absolute atomic E-state index is 0.126. The zero-order chi connectivity index (χ0) is 12.5. The van der Waals surface area contributed by atoms with Crippen molar-refractivity contribution in [2.75, 3.05) is 14.2 Å². The van der Waals surface area contributed by atoms with Gasteiger partial charge in [-0.05, 0) is 17.7 Å². The molecule has 1 aliphatic rings. The molecule has 0 saturated heterocycles. The largest absolute Gasteiger partial charge is 0.493 e. The first kappa shape index (κ1) is 11.5. The third-order valence-electron chi connectivity index (χ3n) is 3.15. The van der Waals surface area contributed by atoms with Gasteiger partial charge in [0.2, 0.25) is 0 Å². The quantitative estimate of drug-likeness (QED) is 0.796. The second kappa shape index (κ2) is 4.10. The van der Waals surface area contributed by atoms with Crippen molar-refractivity contribution in [3.05, 3.63) is 23.8 Å². The minimum Gasteiger partial charge on any atom is -0.493 e. The van der Waals surface area contributed by atoms with Gasteiger partial charge in [0.05, 0.1) is 25.7 Å². The fraction of sp³-hybridized carbons (Fsp3) is 0.385. The molecule has 0 aliphatic heterocycles. The fourth-order valence-electron chi connectivity index (χ4n) is 2.10. The van der Waals surface area contributed by atoms with E-state index < -0.39 is 5.41 Å². The summed E-state index contributed by atoms with van der Waals surface area (Å²) in [7, 11) is 3.11. The van der Waals surface area contributed by atoms with Crippen molar-refractivity contribution in [1.29, 1.82) is 5.26 Å². The summed E-state index contributed by atoms with van der Waals surface area (Å²) in [5.74, 6) is 1.33. The van der Waals surface area contributed by atoms with E-state index in [0.29, 0.717) is 24.3 Å². The number of nitriles is 1. The standard InChI is InChI=1S/C13H13NO3/c1-16-11-4-3-9(5-12(11)17-2)13(8-14)6-10(15)7-13/h3-5H,6-7H2,1-2H3. The lowest BCUT2D eigenvalue weighted by molar-refractivity contribution is -0.126. The fourth-order valence-corrected chi connectivity index (χ4v) is 2.10. The predicted octanol–water partition coefficient (Wildman–Crippen LogP) is 1.83. The normalized spacial score (nSPS) is 16.9. The number of rotatable bonds is 3. The Balaban J connectivity index is 2.40. The first-order valence-electron chi connectivity index (χ1n) is 5.30. The van der Waals surface area contributed by atoms with E-state index in [0.717, 1.165) is 5.56 Å². The van der Waals surface area contributed by atoms with E-state index in [1.54, 1.807) is 26.4 Å². The van der Waals surface area contributed by atoms with Crippen LogP contribution in [0.1, 0.15) is 18.4 Å². The molecular weight excluding hydrogens is 218 g/mol. The Morgan fingerprint density at radius 2 is 1.88 bits per heavy atom. The maximum atomic E-state index is 11.1. The van der Waals surface area contributed by atoms with E-state index >= 15 is 0 Å². The summed E-state index contributed by atoms with van der Waals surface area (Å²) in [6, 6.07) is 7.58.